The lowest BCUT2D eigenvalue weighted by Gasteiger charge is -2.08. The number of fused-ring (bicyclic) bond motifs is 1. The van der Waals surface area contributed by atoms with E-state index < -0.39 is 11.9 Å². The van der Waals surface area contributed by atoms with Gasteiger partial charge in [-0.2, -0.15) is 0 Å². The Morgan fingerprint density at radius 3 is 2.83 bits per heavy atom. The average molecular weight is 370 g/mol. The molecular formula is C16H13Cl2NO3S. The van der Waals surface area contributed by atoms with Crippen molar-refractivity contribution in [1.29, 1.82) is 0 Å². The van der Waals surface area contributed by atoms with Gasteiger partial charge in [0.05, 0.1) is 10.7 Å². The molecule has 2 aromatic rings. The molecule has 0 saturated carbocycles. The zero-order valence-corrected chi connectivity index (χ0v) is 14.4. The molecule has 7 heteroatoms. The van der Waals surface area contributed by atoms with E-state index in [1.165, 1.54) is 27.8 Å². The van der Waals surface area contributed by atoms with E-state index in [1.807, 2.05) is 6.07 Å². The second-order valence-electron chi connectivity index (χ2n) is 5.16. The highest BCUT2D eigenvalue weighted by Crippen LogP contribution is 2.31. The number of esters is 1. The van der Waals surface area contributed by atoms with Crippen molar-refractivity contribution in [3.8, 4) is 0 Å². The minimum Gasteiger partial charge on any atom is -0.451 e. The Labute approximate surface area is 147 Å². The van der Waals surface area contributed by atoms with Gasteiger partial charge in [-0.25, -0.2) is 4.79 Å². The number of carbonyl (C=O) groups is 2. The molecule has 1 aliphatic rings. The van der Waals surface area contributed by atoms with Crippen molar-refractivity contribution in [2.45, 2.75) is 19.3 Å². The number of anilines is 1. The maximum Gasteiger partial charge on any atom is 0.348 e. The number of carbonyl (C=O) groups excluding carboxylic acids is 2. The number of halogens is 2. The molecule has 3 rings (SSSR count). The van der Waals surface area contributed by atoms with E-state index in [4.69, 9.17) is 27.9 Å². The van der Waals surface area contributed by atoms with Crippen LogP contribution in [0.3, 0.4) is 0 Å². The zero-order valence-electron chi connectivity index (χ0n) is 12.0. The van der Waals surface area contributed by atoms with Gasteiger partial charge in [0.15, 0.2) is 6.61 Å². The number of thiophene rings is 1. The molecule has 0 saturated heterocycles. The van der Waals surface area contributed by atoms with Crippen LogP contribution < -0.4 is 5.32 Å². The first-order valence-corrected chi connectivity index (χ1v) is 8.64. The first-order chi connectivity index (χ1) is 11.0. The van der Waals surface area contributed by atoms with Crippen LogP contribution in [0.5, 0.6) is 0 Å². The SMILES string of the molecule is O=C(COC(=O)c1cc2c(s1)CCC2)Nc1cc(Cl)ccc1Cl. The highest BCUT2D eigenvalue weighted by molar-refractivity contribution is 7.14. The Hall–Kier alpha value is -1.56. The monoisotopic (exact) mass is 369 g/mol. The van der Waals surface area contributed by atoms with Gasteiger partial charge < -0.3 is 10.1 Å². The first kappa shape index (κ1) is 16.3. The van der Waals surface area contributed by atoms with Crippen LogP contribution in [0.15, 0.2) is 24.3 Å². The van der Waals surface area contributed by atoms with Gasteiger partial charge in [-0.3, -0.25) is 4.79 Å². The van der Waals surface area contributed by atoms with E-state index in [0.29, 0.717) is 20.6 Å². The Morgan fingerprint density at radius 1 is 1.22 bits per heavy atom. The van der Waals surface area contributed by atoms with Crippen molar-refractivity contribution in [3.63, 3.8) is 0 Å². The van der Waals surface area contributed by atoms with Gasteiger partial charge >= 0.3 is 5.97 Å². The number of nitrogens with one attached hydrogen (secondary N) is 1. The second kappa shape index (κ2) is 6.91. The molecule has 1 aromatic heterocycles. The van der Waals surface area contributed by atoms with Crippen molar-refractivity contribution in [1.82, 2.24) is 0 Å². The van der Waals surface area contributed by atoms with Crippen LogP contribution in [0.4, 0.5) is 5.69 Å². The molecule has 1 aliphatic carbocycles. The molecule has 120 valence electrons. The van der Waals surface area contributed by atoms with Gasteiger partial charge in [-0.05, 0) is 49.1 Å². The van der Waals surface area contributed by atoms with Crippen molar-refractivity contribution >= 4 is 52.1 Å². The lowest BCUT2D eigenvalue weighted by atomic mass is 10.2. The van der Waals surface area contributed by atoms with E-state index in [0.717, 1.165) is 19.3 Å². The fourth-order valence-electron chi connectivity index (χ4n) is 2.41. The predicted octanol–water partition coefficient (Wildman–Crippen LogP) is 4.34. The minimum absolute atomic E-state index is 0.365. The summed E-state index contributed by atoms with van der Waals surface area (Å²) in [5, 5.41) is 3.39. The Kier molecular flexibility index (Phi) is 4.90. The average Bonchev–Trinajstić information content (AvgIpc) is 3.10. The molecule has 0 aliphatic heterocycles. The number of aryl methyl sites for hydroxylation is 2. The maximum atomic E-state index is 12.0. The lowest BCUT2D eigenvalue weighted by Crippen LogP contribution is -2.20. The number of amides is 1. The molecule has 23 heavy (non-hydrogen) atoms. The van der Waals surface area contributed by atoms with Crippen molar-refractivity contribution < 1.29 is 14.3 Å². The van der Waals surface area contributed by atoms with Gasteiger partial charge in [-0.15, -0.1) is 11.3 Å². The molecule has 0 radical (unpaired) electrons. The van der Waals surface area contributed by atoms with E-state index in [-0.39, 0.29) is 6.61 Å². The number of hydrogen-bond acceptors (Lipinski definition) is 4. The summed E-state index contributed by atoms with van der Waals surface area (Å²) in [6.45, 7) is -0.371. The maximum absolute atomic E-state index is 12.0. The lowest BCUT2D eigenvalue weighted by molar-refractivity contribution is -0.119. The molecule has 0 atom stereocenters. The zero-order chi connectivity index (χ0) is 16.4. The standard InChI is InChI=1S/C16H13Cl2NO3S/c17-10-4-5-11(18)12(7-10)19-15(20)8-22-16(21)14-6-9-2-1-3-13(9)23-14/h4-7H,1-3,8H2,(H,19,20). The number of benzene rings is 1. The van der Waals surface area contributed by atoms with Crippen LogP contribution in [0, 0.1) is 0 Å². The summed E-state index contributed by atoms with van der Waals surface area (Å²) in [7, 11) is 0. The van der Waals surface area contributed by atoms with Gasteiger partial charge in [0, 0.05) is 9.90 Å². The van der Waals surface area contributed by atoms with Crippen LogP contribution in [0.25, 0.3) is 0 Å². The molecule has 0 fully saturated rings. The van der Waals surface area contributed by atoms with E-state index in [2.05, 4.69) is 5.32 Å². The van der Waals surface area contributed by atoms with E-state index >= 15 is 0 Å². The number of ether oxygens (including phenoxy) is 1. The van der Waals surface area contributed by atoms with Crippen LogP contribution in [-0.4, -0.2) is 18.5 Å². The molecule has 1 amide bonds. The van der Waals surface area contributed by atoms with Gasteiger partial charge in [0.2, 0.25) is 0 Å². The van der Waals surface area contributed by atoms with Crippen LogP contribution >= 0.6 is 34.5 Å². The Morgan fingerprint density at radius 2 is 2.04 bits per heavy atom. The van der Waals surface area contributed by atoms with Crippen LogP contribution in [0.1, 0.15) is 26.5 Å². The third-order valence-electron chi connectivity index (χ3n) is 3.48. The summed E-state index contributed by atoms with van der Waals surface area (Å²) in [5.41, 5.74) is 1.60. The fourth-order valence-corrected chi connectivity index (χ4v) is 3.90. The summed E-state index contributed by atoms with van der Waals surface area (Å²) in [4.78, 5) is 25.6. The molecule has 1 heterocycles. The smallest absolute Gasteiger partial charge is 0.348 e. The normalized spacial score (nSPS) is 12.8. The molecule has 1 N–H and O–H groups in total. The molecule has 0 bridgehead atoms. The molecular weight excluding hydrogens is 357 g/mol. The minimum atomic E-state index is -0.475. The van der Waals surface area contributed by atoms with Gasteiger partial charge in [-0.1, -0.05) is 23.2 Å². The summed E-state index contributed by atoms with van der Waals surface area (Å²) >= 11 is 13.3. The summed E-state index contributed by atoms with van der Waals surface area (Å²) in [6, 6.07) is 6.60. The number of rotatable bonds is 4. The Bertz CT molecular complexity index is 751. The molecule has 0 unspecified atom stereocenters. The van der Waals surface area contributed by atoms with E-state index in [9.17, 15) is 9.59 Å². The summed E-state index contributed by atoms with van der Waals surface area (Å²) in [6.07, 6.45) is 3.16. The van der Waals surface area contributed by atoms with Crippen molar-refractivity contribution in [2.75, 3.05) is 11.9 Å². The summed E-state index contributed by atoms with van der Waals surface area (Å²) < 4.78 is 5.05. The topological polar surface area (TPSA) is 55.4 Å². The largest absolute Gasteiger partial charge is 0.451 e. The molecule has 4 nitrogen and oxygen atoms in total. The second-order valence-corrected chi connectivity index (χ2v) is 7.14. The quantitative estimate of drug-likeness (QED) is 0.815. The van der Waals surface area contributed by atoms with Crippen LogP contribution in [-0.2, 0) is 22.4 Å². The highest BCUT2D eigenvalue weighted by atomic mass is 35.5. The van der Waals surface area contributed by atoms with Crippen LogP contribution in [0.2, 0.25) is 10.0 Å². The van der Waals surface area contributed by atoms with Crippen molar-refractivity contribution in [3.05, 3.63) is 49.6 Å². The fraction of sp³-hybridized carbons (Fsp3) is 0.250. The Balaban J connectivity index is 1.56. The summed E-state index contributed by atoms with van der Waals surface area (Å²) in [5.74, 6) is -0.941. The first-order valence-electron chi connectivity index (χ1n) is 7.06. The molecule has 1 aromatic carbocycles. The van der Waals surface area contributed by atoms with Crippen molar-refractivity contribution in [2.24, 2.45) is 0 Å². The third kappa shape index (κ3) is 3.86. The van der Waals surface area contributed by atoms with Gasteiger partial charge in [0.25, 0.3) is 5.91 Å². The van der Waals surface area contributed by atoms with Gasteiger partial charge in [0.1, 0.15) is 4.88 Å². The highest BCUT2D eigenvalue weighted by Gasteiger charge is 2.20. The third-order valence-corrected chi connectivity index (χ3v) is 5.27. The number of hydrogen-bond donors (Lipinski definition) is 1. The van der Waals surface area contributed by atoms with E-state index in [1.54, 1.807) is 12.1 Å². The molecule has 0 spiro atoms. The predicted molar refractivity (Wildman–Crippen MR) is 91.7 cm³/mol.